The number of anilines is 1. The molecule has 9 nitrogen and oxygen atoms in total. The third kappa shape index (κ3) is 3.53. The number of fused-ring (bicyclic) bond motifs is 1. The Morgan fingerprint density at radius 2 is 1.90 bits per heavy atom. The third-order valence-electron chi connectivity index (χ3n) is 5.21. The lowest BCUT2D eigenvalue weighted by atomic mass is 10.0. The van der Waals surface area contributed by atoms with E-state index in [1.165, 1.54) is 16.4 Å². The molecule has 0 unspecified atom stereocenters. The SMILES string of the molecule is CCN(CC)S(=O)(=O)c1ccc2c(c1)/C(=C\c1[nH]c(C)c(C(=O)NO)c1C)C(=O)N2. The van der Waals surface area contributed by atoms with Gasteiger partial charge in [0.2, 0.25) is 10.0 Å². The maximum Gasteiger partial charge on any atom is 0.276 e. The Morgan fingerprint density at radius 3 is 2.50 bits per heavy atom. The molecule has 2 heterocycles. The minimum atomic E-state index is -3.68. The highest BCUT2D eigenvalue weighted by atomic mass is 32.2. The largest absolute Gasteiger partial charge is 0.358 e. The van der Waals surface area contributed by atoms with Gasteiger partial charge in [0.15, 0.2) is 0 Å². The topological polar surface area (TPSA) is 132 Å². The van der Waals surface area contributed by atoms with Gasteiger partial charge in [-0.15, -0.1) is 0 Å². The van der Waals surface area contributed by atoms with Crippen LogP contribution in [0.4, 0.5) is 5.69 Å². The number of carbonyl (C=O) groups is 2. The maximum atomic E-state index is 12.9. The van der Waals surface area contributed by atoms with Crippen molar-refractivity contribution in [1.82, 2.24) is 14.8 Å². The molecular weight excluding hydrogens is 408 g/mol. The van der Waals surface area contributed by atoms with Crippen molar-refractivity contribution in [2.75, 3.05) is 18.4 Å². The standard InChI is InChI=1S/C20H24N4O5S/c1-5-24(6-2)30(28,29)13-7-8-16-14(9-13)15(19(25)22-16)10-17-11(3)18(12(4)21-17)20(26)23-27/h7-10,21,27H,5-6H2,1-4H3,(H,22,25)(H,23,26)/b15-10+. The van der Waals surface area contributed by atoms with Gasteiger partial charge in [0, 0.05) is 35.7 Å². The number of carbonyl (C=O) groups excluding carboxylic acids is 2. The van der Waals surface area contributed by atoms with Gasteiger partial charge >= 0.3 is 0 Å². The zero-order chi connectivity index (χ0) is 22.2. The smallest absolute Gasteiger partial charge is 0.276 e. The van der Waals surface area contributed by atoms with Gasteiger partial charge in [-0.05, 0) is 43.7 Å². The predicted octanol–water partition coefficient (Wildman–Crippen LogP) is 2.27. The minimum absolute atomic E-state index is 0.104. The second kappa shape index (κ2) is 8.05. The lowest BCUT2D eigenvalue weighted by Gasteiger charge is -2.18. The molecule has 1 aromatic heterocycles. The first kappa shape index (κ1) is 21.8. The molecule has 0 saturated heterocycles. The van der Waals surface area contributed by atoms with Crippen LogP contribution in [0.3, 0.4) is 0 Å². The second-order valence-electron chi connectivity index (χ2n) is 6.91. The van der Waals surface area contributed by atoms with Crippen LogP contribution in [0.2, 0.25) is 0 Å². The number of amides is 2. The number of nitrogens with zero attached hydrogens (tertiary/aromatic N) is 1. The van der Waals surface area contributed by atoms with E-state index in [-0.39, 0.29) is 21.9 Å². The third-order valence-corrected chi connectivity index (χ3v) is 7.26. The summed E-state index contributed by atoms with van der Waals surface area (Å²) in [6.45, 7) is 7.58. The zero-order valence-corrected chi connectivity index (χ0v) is 18.0. The lowest BCUT2D eigenvalue weighted by molar-refractivity contribution is -0.110. The van der Waals surface area contributed by atoms with E-state index in [2.05, 4.69) is 10.3 Å². The van der Waals surface area contributed by atoms with Crippen molar-refractivity contribution >= 4 is 39.2 Å². The van der Waals surface area contributed by atoms with E-state index in [4.69, 9.17) is 5.21 Å². The highest BCUT2D eigenvalue weighted by Crippen LogP contribution is 2.36. The number of benzene rings is 1. The predicted molar refractivity (Wildman–Crippen MR) is 113 cm³/mol. The summed E-state index contributed by atoms with van der Waals surface area (Å²) in [5.74, 6) is -1.03. The number of aryl methyl sites for hydroxylation is 1. The van der Waals surface area contributed by atoms with Gasteiger partial charge in [-0.2, -0.15) is 4.31 Å². The van der Waals surface area contributed by atoms with Crippen molar-refractivity contribution in [2.45, 2.75) is 32.6 Å². The fourth-order valence-corrected chi connectivity index (χ4v) is 5.13. The van der Waals surface area contributed by atoms with E-state index in [1.807, 2.05) is 0 Å². The number of aromatic nitrogens is 1. The van der Waals surface area contributed by atoms with Crippen molar-refractivity contribution in [1.29, 1.82) is 0 Å². The van der Waals surface area contributed by atoms with E-state index in [1.54, 1.807) is 45.3 Å². The molecule has 4 N–H and O–H groups in total. The van der Waals surface area contributed by atoms with E-state index < -0.39 is 15.9 Å². The summed E-state index contributed by atoms with van der Waals surface area (Å²) >= 11 is 0. The molecule has 30 heavy (non-hydrogen) atoms. The summed E-state index contributed by atoms with van der Waals surface area (Å²) in [5.41, 5.74) is 4.75. The van der Waals surface area contributed by atoms with Gasteiger partial charge in [0.1, 0.15) is 0 Å². The Kier molecular flexibility index (Phi) is 5.84. The first-order chi connectivity index (χ1) is 14.1. The molecule has 3 rings (SSSR count). The van der Waals surface area contributed by atoms with E-state index in [0.29, 0.717) is 41.3 Å². The van der Waals surface area contributed by atoms with Gasteiger partial charge in [0.25, 0.3) is 11.8 Å². The fourth-order valence-electron chi connectivity index (χ4n) is 3.64. The summed E-state index contributed by atoms with van der Waals surface area (Å²) in [6.07, 6.45) is 1.57. The molecule has 2 amide bonds. The van der Waals surface area contributed by atoms with E-state index in [0.717, 1.165) is 0 Å². The van der Waals surface area contributed by atoms with Crippen LogP contribution in [0.25, 0.3) is 11.6 Å². The Hall–Kier alpha value is -2.95. The molecule has 160 valence electrons. The number of H-pyrrole nitrogens is 1. The van der Waals surface area contributed by atoms with Crippen molar-refractivity contribution in [3.8, 4) is 0 Å². The zero-order valence-electron chi connectivity index (χ0n) is 17.2. The van der Waals surface area contributed by atoms with Crippen LogP contribution in [0, 0.1) is 13.8 Å². The number of nitrogens with one attached hydrogen (secondary N) is 3. The van der Waals surface area contributed by atoms with E-state index >= 15 is 0 Å². The molecule has 10 heteroatoms. The molecule has 0 radical (unpaired) electrons. The molecule has 2 aromatic rings. The number of hydroxylamine groups is 1. The number of hydrogen-bond acceptors (Lipinski definition) is 5. The molecule has 1 aliphatic heterocycles. The van der Waals surface area contributed by atoms with E-state index in [9.17, 15) is 18.0 Å². The molecule has 0 bridgehead atoms. The monoisotopic (exact) mass is 432 g/mol. The Labute approximate surface area is 174 Å². The highest BCUT2D eigenvalue weighted by Gasteiger charge is 2.29. The second-order valence-corrected chi connectivity index (χ2v) is 8.85. The number of rotatable bonds is 6. The first-order valence-corrected chi connectivity index (χ1v) is 10.9. The Bertz CT molecular complexity index is 1160. The fraction of sp³-hybridized carbons (Fsp3) is 0.300. The minimum Gasteiger partial charge on any atom is -0.358 e. The van der Waals surface area contributed by atoms with Crippen LogP contribution in [0.15, 0.2) is 23.1 Å². The molecular formula is C20H24N4O5S. The normalized spacial score (nSPS) is 14.9. The van der Waals surface area contributed by atoms with Gasteiger partial charge in [-0.1, -0.05) is 13.8 Å². The van der Waals surface area contributed by atoms with Crippen LogP contribution in [-0.2, 0) is 14.8 Å². The molecule has 1 aromatic carbocycles. The molecule has 0 saturated carbocycles. The molecule has 1 aliphatic rings. The lowest BCUT2D eigenvalue weighted by Crippen LogP contribution is -2.30. The Balaban J connectivity index is 2.12. The maximum absolute atomic E-state index is 12.9. The molecule has 0 aliphatic carbocycles. The quantitative estimate of drug-likeness (QED) is 0.316. The van der Waals surface area contributed by atoms with Crippen molar-refractivity contribution in [3.05, 3.63) is 46.3 Å². The molecule has 0 atom stereocenters. The van der Waals surface area contributed by atoms with Crippen LogP contribution in [-0.4, -0.2) is 47.8 Å². The summed E-state index contributed by atoms with van der Waals surface area (Å²) < 4.78 is 27.1. The first-order valence-electron chi connectivity index (χ1n) is 9.46. The van der Waals surface area contributed by atoms with Crippen molar-refractivity contribution in [3.63, 3.8) is 0 Å². The highest BCUT2D eigenvalue weighted by molar-refractivity contribution is 7.89. The number of aromatic amines is 1. The van der Waals surface area contributed by atoms with Crippen molar-refractivity contribution < 1.29 is 23.2 Å². The molecule has 0 spiro atoms. The van der Waals surface area contributed by atoms with Gasteiger partial charge in [-0.25, -0.2) is 13.9 Å². The summed E-state index contributed by atoms with van der Waals surface area (Å²) in [6, 6.07) is 4.53. The average molecular weight is 433 g/mol. The molecule has 0 fully saturated rings. The Morgan fingerprint density at radius 1 is 1.23 bits per heavy atom. The number of sulfonamides is 1. The van der Waals surface area contributed by atoms with Crippen LogP contribution >= 0.6 is 0 Å². The van der Waals surface area contributed by atoms with Crippen LogP contribution in [0.5, 0.6) is 0 Å². The van der Waals surface area contributed by atoms with Gasteiger partial charge in [0.05, 0.1) is 16.0 Å². The van der Waals surface area contributed by atoms with Crippen LogP contribution < -0.4 is 10.8 Å². The average Bonchev–Trinajstić information content (AvgIpc) is 3.17. The van der Waals surface area contributed by atoms with Gasteiger partial charge in [-0.3, -0.25) is 14.8 Å². The van der Waals surface area contributed by atoms with Crippen molar-refractivity contribution in [2.24, 2.45) is 0 Å². The van der Waals surface area contributed by atoms with Crippen LogP contribution in [0.1, 0.15) is 46.7 Å². The number of hydrogen-bond donors (Lipinski definition) is 4. The van der Waals surface area contributed by atoms with Gasteiger partial charge < -0.3 is 10.3 Å². The summed E-state index contributed by atoms with van der Waals surface area (Å²) in [7, 11) is -3.68. The summed E-state index contributed by atoms with van der Waals surface area (Å²) in [4.78, 5) is 27.6. The summed E-state index contributed by atoms with van der Waals surface area (Å²) in [5, 5.41) is 11.7.